The first kappa shape index (κ1) is 18.5. The van der Waals surface area contributed by atoms with Crippen LogP contribution in [0.4, 0.5) is 4.39 Å². The van der Waals surface area contributed by atoms with Crippen molar-refractivity contribution in [3.8, 4) is 17.1 Å². The average Bonchev–Trinajstić information content (AvgIpc) is 2.73. The second kappa shape index (κ2) is 7.29. The third kappa shape index (κ3) is 3.36. The first-order valence-corrected chi connectivity index (χ1v) is 10.2. The zero-order chi connectivity index (χ0) is 19.7. The van der Waals surface area contributed by atoms with Crippen molar-refractivity contribution < 1.29 is 17.5 Å². The van der Waals surface area contributed by atoms with Crippen molar-refractivity contribution >= 4 is 10.0 Å². The van der Waals surface area contributed by atoms with E-state index in [0.717, 1.165) is 28.6 Å². The number of benzene rings is 2. The Morgan fingerprint density at radius 2 is 1.86 bits per heavy atom. The lowest BCUT2D eigenvalue weighted by Crippen LogP contribution is -2.36. The van der Waals surface area contributed by atoms with Crippen molar-refractivity contribution in [2.24, 2.45) is 0 Å². The number of nitrogens with zero attached hydrogens (tertiary/aromatic N) is 3. The van der Waals surface area contributed by atoms with Crippen LogP contribution in [0.25, 0.3) is 11.4 Å². The van der Waals surface area contributed by atoms with E-state index < -0.39 is 15.8 Å². The summed E-state index contributed by atoms with van der Waals surface area (Å²) in [4.78, 5) is 8.66. The molecule has 28 heavy (non-hydrogen) atoms. The van der Waals surface area contributed by atoms with E-state index in [1.807, 2.05) is 24.3 Å². The first-order chi connectivity index (χ1) is 13.5. The Bertz CT molecular complexity index is 1120. The van der Waals surface area contributed by atoms with Gasteiger partial charge in [0.2, 0.25) is 10.0 Å². The van der Waals surface area contributed by atoms with Crippen LogP contribution in [0.1, 0.15) is 11.3 Å². The molecule has 0 radical (unpaired) electrons. The molecule has 1 aliphatic heterocycles. The number of halogens is 1. The maximum Gasteiger partial charge on any atom is 0.246 e. The standard InChI is InChI=1S/C20H18FN3O3S/c1-27-16-8-6-14(7-9-16)20-22-12-15-13-24(11-10-18(15)23-20)28(25,26)19-5-3-2-4-17(19)21/h2-9,12H,10-11,13H2,1H3. The minimum Gasteiger partial charge on any atom is -0.497 e. The highest BCUT2D eigenvalue weighted by molar-refractivity contribution is 7.89. The number of sulfonamides is 1. The molecule has 2 heterocycles. The van der Waals surface area contributed by atoms with Gasteiger partial charge in [0.1, 0.15) is 16.5 Å². The zero-order valence-corrected chi connectivity index (χ0v) is 16.0. The van der Waals surface area contributed by atoms with Gasteiger partial charge in [-0.1, -0.05) is 12.1 Å². The van der Waals surface area contributed by atoms with Crippen molar-refractivity contribution in [2.45, 2.75) is 17.9 Å². The van der Waals surface area contributed by atoms with Gasteiger partial charge < -0.3 is 4.74 Å². The third-order valence-electron chi connectivity index (χ3n) is 4.70. The van der Waals surface area contributed by atoms with Crippen molar-refractivity contribution in [2.75, 3.05) is 13.7 Å². The number of fused-ring (bicyclic) bond motifs is 1. The minimum atomic E-state index is -3.92. The maximum atomic E-state index is 14.0. The SMILES string of the molecule is COc1ccc(-c2ncc3c(n2)CCN(S(=O)(=O)c2ccccc2F)C3)cc1. The van der Waals surface area contributed by atoms with E-state index >= 15 is 0 Å². The Morgan fingerprint density at radius 1 is 1.11 bits per heavy atom. The van der Waals surface area contributed by atoms with E-state index in [1.165, 1.54) is 22.5 Å². The van der Waals surface area contributed by atoms with Crippen molar-refractivity contribution in [1.82, 2.24) is 14.3 Å². The van der Waals surface area contributed by atoms with E-state index in [4.69, 9.17) is 4.74 Å². The van der Waals surface area contributed by atoms with Crippen LogP contribution in [0.2, 0.25) is 0 Å². The smallest absolute Gasteiger partial charge is 0.246 e. The number of ether oxygens (including phenoxy) is 1. The summed E-state index contributed by atoms with van der Waals surface area (Å²) in [6.07, 6.45) is 2.08. The number of hydrogen-bond donors (Lipinski definition) is 0. The van der Waals surface area contributed by atoms with Gasteiger partial charge in [-0.05, 0) is 36.4 Å². The lowest BCUT2D eigenvalue weighted by atomic mass is 10.1. The summed E-state index contributed by atoms with van der Waals surface area (Å²) in [6, 6.07) is 12.8. The van der Waals surface area contributed by atoms with E-state index in [0.29, 0.717) is 12.2 Å². The fraction of sp³-hybridized carbons (Fsp3) is 0.200. The molecule has 2 aromatic carbocycles. The number of hydrogen-bond acceptors (Lipinski definition) is 5. The molecule has 0 unspecified atom stereocenters. The van der Waals surface area contributed by atoms with Crippen molar-refractivity contribution in [3.05, 3.63) is 71.8 Å². The highest BCUT2D eigenvalue weighted by Gasteiger charge is 2.31. The molecule has 0 aliphatic carbocycles. The number of aromatic nitrogens is 2. The first-order valence-electron chi connectivity index (χ1n) is 8.73. The number of methoxy groups -OCH3 is 1. The Morgan fingerprint density at radius 3 is 2.57 bits per heavy atom. The van der Waals surface area contributed by atoms with Crippen LogP contribution in [0.5, 0.6) is 5.75 Å². The van der Waals surface area contributed by atoms with Gasteiger partial charge in [0.05, 0.1) is 12.8 Å². The molecule has 144 valence electrons. The van der Waals surface area contributed by atoms with Crippen molar-refractivity contribution in [1.29, 1.82) is 0 Å². The fourth-order valence-electron chi connectivity index (χ4n) is 3.17. The van der Waals surface area contributed by atoms with Gasteiger partial charge in [-0.2, -0.15) is 4.31 Å². The van der Waals surface area contributed by atoms with E-state index in [2.05, 4.69) is 9.97 Å². The molecule has 0 fully saturated rings. The van der Waals surface area contributed by atoms with Gasteiger partial charge in [-0.25, -0.2) is 22.8 Å². The van der Waals surface area contributed by atoms with E-state index in [-0.39, 0.29) is 18.0 Å². The Labute approximate surface area is 162 Å². The predicted octanol–water partition coefficient (Wildman–Crippen LogP) is 3.04. The summed E-state index contributed by atoms with van der Waals surface area (Å²) in [5.74, 6) is 0.571. The quantitative estimate of drug-likeness (QED) is 0.674. The van der Waals surface area contributed by atoms with Crippen molar-refractivity contribution in [3.63, 3.8) is 0 Å². The van der Waals surface area contributed by atoms with Gasteiger partial charge in [0.25, 0.3) is 0 Å². The molecular weight excluding hydrogens is 381 g/mol. The highest BCUT2D eigenvalue weighted by atomic mass is 32.2. The highest BCUT2D eigenvalue weighted by Crippen LogP contribution is 2.27. The molecule has 0 spiro atoms. The molecular formula is C20H18FN3O3S. The second-order valence-electron chi connectivity index (χ2n) is 6.41. The third-order valence-corrected chi connectivity index (χ3v) is 6.58. The summed E-state index contributed by atoms with van der Waals surface area (Å²) >= 11 is 0. The molecule has 1 aromatic heterocycles. The minimum absolute atomic E-state index is 0.120. The fourth-order valence-corrected chi connectivity index (χ4v) is 4.65. The number of rotatable bonds is 4. The van der Waals surface area contributed by atoms with Crippen LogP contribution in [0.15, 0.2) is 59.6 Å². The van der Waals surface area contributed by atoms with Gasteiger partial charge >= 0.3 is 0 Å². The van der Waals surface area contributed by atoms with E-state index in [9.17, 15) is 12.8 Å². The normalized spacial score (nSPS) is 14.5. The molecule has 3 aromatic rings. The predicted molar refractivity (Wildman–Crippen MR) is 102 cm³/mol. The Kier molecular flexibility index (Phi) is 4.82. The van der Waals surface area contributed by atoms with Gasteiger partial charge in [0.15, 0.2) is 5.82 Å². The summed E-state index contributed by atoms with van der Waals surface area (Å²) in [5, 5.41) is 0. The molecule has 6 nitrogen and oxygen atoms in total. The molecule has 4 rings (SSSR count). The van der Waals surface area contributed by atoms with Gasteiger partial charge in [-0.3, -0.25) is 0 Å². The summed E-state index contributed by atoms with van der Waals surface area (Å²) in [6.45, 7) is 0.359. The Balaban J connectivity index is 1.60. The van der Waals surface area contributed by atoms with Gasteiger partial charge in [0, 0.05) is 36.8 Å². The zero-order valence-electron chi connectivity index (χ0n) is 15.2. The topological polar surface area (TPSA) is 72.4 Å². The van der Waals surface area contributed by atoms with Crippen LogP contribution in [-0.4, -0.2) is 36.3 Å². The molecule has 1 aliphatic rings. The summed E-state index contributed by atoms with van der Waals surface area (Å²) in [7, 11) is -2.31. The van der Waals surface area contributed by atoms with E-state index in [1.54, 1.807) is 13.3 Å². The molecule has 0 bridgehead atoms. The van der Waals surface area contributed by atoms with Crippen LogP contribution >= 0.6 is 0 Å². The molecule has 0 amide bonds. The van der Waals surface area contributed by atoms with Crippen LogP contribution < -0.4 is 4.74 Å². The van der Waals surface area contributed by atoms with Crippen LogP contribution in [0.3, 0.4) is 0 Å². The lowest BCUT2D eigenvalue weighted by molar-refractivity contribution is 0.384. The monoisotopic (exact) mass is 399 g/mol. The molecule has 0 saturated heterocycles. The molecule has 0 N–H and O–H groups in total. The molecule has 0 atom stereocenters. The summed E-state index contributed by atoms with van der Waals surface area (Å²) in [5.41, 5.74) is 2.38. The average molecular weight is 399 g/mol. The van der Waals surface area contributed by atoms with Crippen LogP contribution in [-0.2, 0) is 23.0 Å². The Hall–Kier alpha value is -2.84. The molecule has 8 heteroatoms. The summed E-state index contributed by atoms with van der Waals surface area (Å²) < 4.78 is 46.0. The largest absolute Gasteiger partial charge is 0.497 e. The maximum absolute atomic E-state index is 14.0. The molecule has 0 saturated carbocycles. The second-order valence-corrected chi connectivity index (χ2v) is 8.32. The lowest BCUT2D eigenvalue weighted by Gasteiger charge is -2.27. The van der Waals surface area contributed by atoms with Crippen LogP contribution in [0, 0.1) is 5.82 Å². The van der Waals surface area contributed by atoms with Gasteiger partial charge in [-0.15, -0.1) is 0 Å².